The molecule has 41 valence electrons. The highest BCUT2D eigenvalue weighted by molar-refractivity contribution is 5.50. The van der Waals surface area contributed by atoms with Crippen LogP contribution in [0.25, 0.3) is 0 Å². The summed E-state index contributed by atoms with van der Waals surface area (Å²) >= 11 is 0. The second-order valence-corrected chi connectivity index (χ2v) is 1.50. The van der Waals surface area contributed by atoms with Crippen LogP contribution in [-0.2, 0) is 11.3 Å². The van der Waals surface area contributed by atoms with Gasteiger partial charge >= 0.3 is 0 Å². The van der Waals surface area contributed by atoms with Crippen molar-refractivity contribution in [1.29, 1.82) is 0 Å². The first kappa shape index (κ1) is 5.09. The molecule has 0 bridgehead atoms. The second kappa shape index (κ2) is 2.31. The Bertz CT molecular complexity index is 155. The summed E-state index contributed by atoms with van der Waals surface area (Å²) in [5.74, 6) is 0. The Morgan fingerprint density at radius 2 is 2.00 bits per heavy atom. The summed E-state index contributed by atoms with van der Waals surface area (Å²) in [6, 6.07) is 3.74. The van der Waals surface area contributed by atoms with Gasteiger partial charge in [0.2, 0.25) is 6.29 Å². The van der Waals surface area contributed by atoms with E-state index in [9.17, 15) is 4.79 Å². The summed E-state index contributed by atoms with van der Waals surface area (Å²) in [5, 5.41) is 0. The monoisotopic (exact) mass is 108 g/mol. The van der Waals surface area contributed by atoms with Gasteiger partial charge in [0.1, 0.15) is 0 Å². The minimum absolute atomic E-state index is 0.340. The highest BCUT2D eigenvalue weighted by Crippen LogP contribution is 1.85. The quantitative estimate of drug-likeness (QED) is 0.543. The maximum Gasteiger partial charge on any atom is 0.219 e. The molecular formula is C6H6NO. The number of carbonyl (C=O) groups excluding carboxylic acids is 1. The minimum Gasteiger partial charge on any atom is -0.346 e. The fourth-order valence-electron chi connectivity index (χ4n) is 0.550. The van der Waals surface area contributed by atoms with E-state index in [-0.39, 0.29) is 0 Å². The number of aromatic nitrogens is 1. The number of nitrogens with zero attached hydrogens (tertiary/aromatic N) is 1. The summed E-state index contributed by atoms with van der Waals surface area (Å²) in [7, 11) is 0. The molecule has 2 nitrogen and oxygen atoms in total. The van der Waals surface area contributed by atoms with Gasteiger partial charge in [0.25, 0.3) is 0 Å². The Hall–Kier alpha value is -1.05. The Morgan fingerprint density at radius 1 is 1.38 bits per heavy atom. The first-order valence-electron chi connectivity index (χ1n) is 2.39. The molecule has 0 aliphatic carbocycles. The van der Waals surface area contributed by atoms with Gasteiger partial charge < -0.3 is 4.57 Å². The third kappa shape index (κ3) is 0.964. The fourth-order valence-corrected chi connectivity index (χ4v) is 0.550. The summed E-state index contributed by atoms with van der Waals surface area (Å²) in [5.41, 5.74) is 0. The van der Waals surface area contributed by atoms with E-state index in [4.69, 9.17) is 0 Å². The zero-order valence-electron chi connectivity index (χ0n) is 4.37. The molecule has 2 heteroatoms. The van der Waals surface area contributed by atoms with Gasteiger partial charge in [-0.1, -0.05) is 0 Å². The lowest BCUT2D eigenvalue weighted by molar-refractivity contribution is 0.545. The molecule has 1 heterocycles. The molecule has 0 saturated carbocycles. The van der Waals surface area contributed by atoms with Crippen molar-refractivity contribution in [2.24, 2.45) is 0 Å². The van der Waals surface area contributed by atoms with Crippen LogP contribution >= 0.6 is 0 Å². The molecule has 0 unspecified atom stereocenters. The van der Waals surface area contributed by atoms with Gasteiger partial charge in [-0.2, -0.15) is 0 Å². The molecule has 0 N–H and O–H groups in total. The summed E-state index contributed by atoms with van der Waals surface area (Å²) in [4.78, 5) is 9.73. The molecule has 0 spiro atoms. The minimum atomic E-state index is 0.340. The molecule has 1 aromatic rings. The average Bonchev–Trinajstić information content (AvgIpc) is 2.19. The fraction of sp³-hybridized carbons (Fsp3) is 0.167. The Kier molecular flexibility index (Phi) is 1.47. The molecule has 1 aromatic heterocycles. The molecule has 0 saturated heterocycles. The van der Waals surface area contributed by atoms with E-state index in [0.717, 1.165) is 0 Å². The van der Waals surface area contributed by atoms with Gasteiger partial charge in [0.15, 0.2) is 0 Å². The van der Waals surface area contributed by atoms with Gasteiger partial charge in [0, 0.05) is 12.4 Å². The van der Waals surface area contributed by atoms with E-state index >= 15 is 0 Å². The normalized spacial score (nSPS) is 9.00. The zero-order chi connectivity index (χ0) is 5.82. The molecule has 0 aliphatic rings. The number of hydrogen-bond donors (Lipinski definition) is 0. The maximum absolute atomic E-state index is 9.73. The molecule has 0 aliphatic heterocycles. The Morgan fingerprint density at radius 3 is 2.50 bits per heavy atom. The van der Waals surface area contributed by atoms with Crippen LogP contribution in [0.3, 0.4) is 0 Å². The third-order valence-corrected chi connectivity index (χ3v) is 0.913. The van der Waals surface area contributed by atoms with Crippen molar-refractivity contribution in [2.45, 2.75) is 6.54 Å². The highest BCUT2D eigenvalue weighted by atomic mass is 16.1. The lowest BCUT2D eigenvalue weighted by Crippen LogP contribution is -1.92. The summed E-state index contributed by atoms with van der Waals surface area (Å²) in [6.07, 6.45) is 5.43. The smallest absolute Gasteiger partial charge is 0.219 e. The molecule has 1 radical (unpaired) electrons. The van der Waals surface area contributed by atoms with Gasteiger partial charge in [0.05, 0.1) is 6.54 Å². The van der Waals surface area contributed by atoms with E-state index in [0.29, 0.717) is 6.54 Å². The van der Waals surface area contributed by atoms with Crippen LogP contribution in [-0.4, -0.2) is 10.9 Å². The van der Waals surface area contributed by atoms with Crippen molar-refractivity contribution in [2.75, 3.05) is 0 Å². The maximum atomic E-state index is 9.73. The van der Waals surface area contributed by atoms with Crippen LogP contribution in [0.5, 0.6) is 0 Å². The first-order chi connectivity index (χ1) is 3.93. The summed E-state index contributed by atoms with van der Waals surface area (Å²) in [6.45, 7) is 0.340. The number of hydrogen-bond acceptors (Lipinski definition) is 1. The van der Waals surface area contributed by atoms with Crippen molar-refractivity contribution in [1.82, 2.24) is 4.57 Å². The number of rotatable bonds is 2. The predicted octanol–water partition coefficient (Wildman–Crippen LogP) is 0.598. The van der Waals surface area contributed by atoms with Crippen molar-refractivity contribution in [3.8, 4) is 0 Å². The van der Waals surface area contributed by atoms with E-state index in [1.165, 1.54) is 0 Å². The van der Waals surface area contributed by atoms with E-state index < -0.39 is 0 Å². The van der Waals surface area contributed by atoms with E-state index in [1.807, 2.05) is 24.5 Å². The lowest BCUT2D eigenvalue weighted by atomic mass is 10.7. The lowest BCUT2D eigenvalue weighted by Gasteiger charge is -1.88. The molecule has 0 amide bonds. The van der Waals surface area contributed by atoms with Gasteiger partial charge in [-0.05, 0) is 12.1 Å². The Balaban J connectivity index is 2.62. The van der Waals surface area contributed by atoms with Gasteiger partial charge in [-0.15, -0.1) is 0 Å². The zero-order valence-corrected chi connectivity index (χ0v) is 4.37. The van der Waals surface area contributed by atoms with Crippen LogP contribution in [0.4, 0.5) is 0 Å². The van der Waals surface area contributed by atoms with Crippen molar-refractivity contribution in [3.05, 3.63) is 24.5 Å². The van der Waals surface area contributed by atoms with Gasteiger partial charge in [-0.25, -0.2) is 0 Å². The first-order valence-corrected chi connectivity index (χ1v) is 2.39. The van der Waals surface area contributed by atoms with Crippen molar-refractivity contribution < 1.29 is 4.79 Å². The SMILES string of the molecule is O=[C]Cn1cccc1. The van der Waals surface area contributed by atoms with E-state index in [1.54, 1.807) is 10.9 Å². The highest BCUT2D eigenvalue weighted by Gasteiger charge is 1.82. The van der Waals surface area contributed by atoms with Gasteiger partial charge in [-0.3, -0.25) is 4.79 Å². The van der Waals surface area contributed by atoms with Crippen LogP contribution in [0.2, 0.25) is 0 Å². The average molecular weight is 108 g/mol. The largest absolute Gasteiger partial charge is 0.346 e. The standard InChI is InChI=1S/C6H6NO/c8-6-5-7-3-1-2-4-7/h1-4H,5H2. The predicted molar refractivity (Wildman–Crippen MR) is 30.1 cm³/mol. The Labute approximate surface area is 47.7 Å². The van der Waals surface area contributed by atoms with Crippen molar-refractivity contribution >= 4 is 6.29 Å². The van der Waals surface area contributed by atoms with E-state index in [2.05, 4.69) is 0 Å². The molecule has 8 heavy (non-hydrogen) atoms. The molecule has 0 atom stereocenters. The van der Waals surface area contributed by atoms with Crippen LogP contribution < -0.4 is 0 Å². The molecule has 0 aromatic carbocycles. The van der Waals surface area contributed by atoms with Crippen LogP contribution in [0.1, 0.15) is 0 Å². The molecular weight excluding hydrogens is 102 g/mol. The second-order valence-electron chi connectivity index (χ2n) is 1.50. The molecule has 0 fully saturated rings. The van der Waals surface area contributed by atoms with Crippen LogP contribution in [0.15, 0.2) is 24.5 Å². The topological polar surface area (TPSA) is 22.0 Å². The van der Waals surface area contributed by atoms with Crippen LogP contribution in [0, 0.1) is 0 Å². The summed E-state index contributed by atoms with van der Waals surface area (Å²) < 4.78 is 1.76. The molecule has 1 rings (SSSR count). The van der Waals surface area contributed by atoms with Crippen molar-refractivity contribution in [3.63, 3.8) is 0 Å². The third-order valence-electron chi connectivity index (χ3n) is 0.913.